The van der Waals surface area contributed by atoms with E-state index >= 15 is 0 Å². The first-order valence-electron chi connectivity index (χ1n) is 7.78. The number of urea groups is 1. The fourth-order valence-electron chi connectivity index (χ4n) is 2.17. The molecule has 0 unspecified atom stereocenters. The number of benzene rings is 2. The van der Waals surface area contributed by atoms with E-state index in [1.54, 1.807) is 18.2 Å². The Morgan fingerprint density at radius 3 is 2.52 bits per heavy atom. The summed E-state index contributed by atoms with van der Waals surface area (Å²) in [5.74, 6) is 0.570. The predicted molar refractivity (Wildman–Crippen MR) is 96.2 cm³/mol. The zero-order valence-corrected chi connectivity index (χ0v) is 14.7. The molecule has 0 atom stereocenters. The number of hydrogen-bond acceptors (Lipinski definition) is 4. The first kappa shape index (κ1) is 18.8. The Balaban J connectivity index is 1.84. The zero-order valence-electron chi connectivity index (χ0n) is 13.9. The highest BCUT2D eigenvalue weighted by Crippen LogP contribution is 2.22. The molecule has 8 heteroatoms. The molecule has 2 amide bonds. The summed E-state index contributed by atoms with van der Waals surface area (Å²) in [6.07, 6.45) is 0.598. The van der Waals surface area contributed by atoms with E-state index in [0.29, 0.717) is 24.4 Å². The first-order chi connectivity index (χ1) is 11.9. The number of nitrogens with one attached hydrogen (secondary N) is 2. The van der Waals surface area contributed by atoms with Gasteiger partial charge in [-0.05, 0) is 42.3 Å². The van der Waals surface area contributed by atoms with Crippen molar-refractivity contribution in [3.05, 3.63) is 54.1 Å². The Kier molecular flexibility index (Phi) is 6.37. The second-order valence-corrected chi connectivity index (χ2v) is 6.82. The van der Waals surface area contributed by atoms with Crippen LogP contribution in [0, 0.1) is 0 Å². The van der Waals surface area contributed by atoms with E-state index < -0.39 is 10.0 Å². The molecule has 2 aromatic rings. The highest BCUT2D eigenvalue weighted by molar-refractivity contribution is 7.89. The Hall–Kier alpha value is -2.58. The second-order valence-electron chi connectivity index (χ2n) is 5.26. The average Bonchev–Trinajstić information content (AvgIpc) is 2.58. The molecule has 0 aliphatic heterocycles. The van der Waals surface area contributed by atoms with E-state index in [0.717, 1.165) is 5.56 Å². The van der Waals surface area contributed by atoms with Gasteiger partial charge in [0.15, 0.2) is 0 Å². The number of anilines is 1. The number of hydrogen-bond donors (Lipinski definition) is 3. The second kappa shape index (κ2) is 8.50. The monoisotopic (exact) mass is 363 g/mol. The standard InChI is InChI=1S/C17H21N3O4S/c1-2-13-12-15(25(18,22)23)8-9-16(13)24-11-10-19-17(21)20-14-6-4-3-5-7-14/h3-9,12H,2,10-11H2,1H3,(H2,18,22,23)(H2,19,20,21). The smallest absolute Gasteiger partial charge is 0.319 e. The molecule has 0 aliphatic rings. The van der Waals surface area contributed by atoms with Gasteiger partial charge in [-0.1, -0.05) is 25.1 Å². The lowest BCUT2D eigenvalue weighted by atomic mass is 10.1. The van der Waals surface area contributed by atoms with Crippen LogP contribution < -0.4 is 20.5 Å². The van der Waals surface area contributed by atoms with Crippen LogP contribution >= 0.6 is 0 Å². The van der Waals surface area contributed by atoms with Gasteiger partial charge >= 0.3 is 6.03 Å². The maximum absolute atomic E-state index is 11.7. The summed E-state index contributed by atoms with van der Waals surface area (Å²) in [4.78, 5) is 11.8. The first-order valence-corrected chi connectivity index (χ1v) is 9.33. The van der Waals surface area contributed by atoms with Crippen LogP contribution in [0.2, 0.25) is 0 Å². The molecule has 0 spiro atoms. The molecule has 0 saturated carbocycles. The zero-order chi connectivity index (χ0) is 18.3. The van der Waals surface area contributed by atoms with Crippen molar-refractivity contribution in [2.24, 2.45) is 5.14 Å². The van der Waals surface area contributed by atoms with Gasteiger partial charge in [-0.25, -0.2) is 18.4 Å². The number of nitrogens with two attached hydrogens (primary N) is 1. The van der Waals surface area contributed by atoms with Gasteiger partial charge in [0.25, 0.3) is 0 Å². The van der Waals surface area contributed by atoms with E-state index in [1.165, 1.54) is 12.1 Å². The van der Waals surface area contributed by atoms with Gasteiger partial charge in [-0.15, -0.1) is 0 Å². The summed E-state index contributed by atoms with van der Waals surface area (Å²) in [7, 11) is -3.74. The molecule has 0 bridgehead atoms. The van der Waals surface area contributed by atoms with E-state index in [4.69, 9.17) is 9.88 Å². The fourth-order valence-corrected chi connectivity index (χ4v) is 2.74. The van der Waals surface area contributed by atoms with Crippen molar-refractivity contribution < 1.29 is 17.9 Å². The van der Waals surface area contributed by atoms with Crippen LogP contribution in [0.1, 0.15) is 12.5 Å². The molecular weight excluding hydrogens is 342 g/mol. The molecule has 0 aromatic heterocycles. The highest BCUT2D eigenvalue weighted by Gasteiger charge is 2.11. The Labute approximate surface area is 147 Å². The Morgan fingerprint density at radius 1 is 1.16 bits per heavy atom. The maximum atomic E-state index is 11.7. The molecule has 0 fully saturated rings. The van der Waals surface area contributed by atoms with E-state index in [9.17, 15) is 13.2 Å². The van der Waals surface area contributed by atoms with Crippen LogP contribution in [0.5, 0.6) is 5.75 Å². The van der Waals surface area contributed by atoms with E-state index in [-0.39, 0.29) is 17.5 Å². The number of aryl methyl sites for hydroxylation is 1. The van der Waals surface area contributed by atoms with Crippen LogP contribution in [0.15, 0.2) is 53.4 Å². The van der Waals surface area contributed by atoms with Gasteiger partial charge in [0.2, 0.25) is 10.0 Å². The third-order valence-corrected chi connectivity index (χ3v) is 4.33. The number of sulfonamides is 1. The number of carbonyl (C=O) groups is 1. The summed E-state index contributed by atoms with van der Waals surface area (Å²) in [6.45, 7) is 2.45. The van der Waals surface area contributed by atoms with E-state index in [1.807, 2.05) is 25.1 Å². The lowest BCUT2D eigenvalue weighted by Gasteiger charge is -2.12. The van der Waals surface area contributed by atoms with Crippen molar-refractivity contribution in [3.8, 4) is 5.75 Å². The van der Waals surface area contributed by atoms with Crippen molar-refractivity contribution in [3.63, 3.8) is 0 Å². The molecule has 2 rings (SSSR count). The molecule has 0 saturated heterocycles. The highest BCUT2D eigenvalue weighted by atomic mass is 32.2. The third-order valence-electron chi connectivity index (χ3n) is 3.42. The molecular formula is C17H21N3O4S. The molecule has 0 radical (unpaired) electrons. The molecule has 0 aliphatic carbocycles. The maximum Gasteiger partial charge on any atom is 0.319 e. The Morgan fingerprint density at radius 2 is 1.88 bits per heavy atom. The molecule has 0 heterocycles. The van der Waals surface area contributed by atoms with Gasteiger partial charge in [0.05, 0.1) is 11.4 Å². The van der Waals surface area contributed by atoms with Gasteiger partial charge in [0.1, 0.15) is 12.4 Å². The van der Waals surface area contributed by atoms with Crippen LogP contribution in [0.3, 0.4) is 0 Å². The lowest BCUT2D eigenvalue weighted by Crippen LogP contribution is -2.32. The minimum absolute atomic E-state index is 0.0528. The molecule has 134 valence electrons. The van der Waals surface area contributed by atoms with Gasteiger partial charge < -0.3 is 15.4 Å². The largest absolute Gasteiger partial charge is 0.491 e. The number of ether oxygens (including phenoxy) is 1. The summed E-state index contributed by atoms with van der Waals surface area (Å²) in [5.41, 5.74) is 1.44. The number of carbonyl (C=O) groups excluding carboxylic acids is 1. The number of primary sulfonamides is 1. The van der Waals surface area contributed by atoms with Crippen LogP contribution in [0.4, 0.5) is 10.5 Å². The molecule has 7 nitrogen and oxygen atoms in total. The number of para-hydroxylation sites is 1. The Bertz CT molecular complexity index is 823. The van der Waals surface area contributed by atoms with Gasteiger partial charge in [-0.3, -0.25) is 0 Å². The van der Waals surface area contributed by atoms with Crippen molar-refractivity contribution in [2.75, 3.05) is 18.5 Å². The number of amides is 2. The lowest BCUT2D eigenvalue weighted by molar-refractivity contribution is 0.247. The molecule has 4 N–H and O–H groups in total. The summed E-state index contributed by atoms with van der Waals surface area (Å²) in [5, 5.41) is 10.5. The fraction of sp³-hybridized carbons (Fsp3) is 0.235. The van der Waals surface area contributed by atoms with Crippen molar-refractivity contribution in [1.82, 2.24) is 5.32 Å². The third kappa shape index (κ3) is 5.77. The quantitative estimate of drug-likeness (QED) is 0.654. The summed E-state index contributed by atoms with van der Waals surface area (Å²) in [6, 6.07) is 13.3. The van der Waals surface area contributed by atoms with Gasteiger partial charge in [-0.2, -0.15) is 0 Å². The number of rotatable bonds is 7. The van der Waals surface area contributed by atoms with Gasteiger partial charge in [0, 0.05) is 5.69 Å². The van der Waals surface area contributed by atoms with Crippen molar-refractivity contribution in [2.45, 2.75) is 18.2 Å². The minimum atomic E-state index is -3.74. The molecule has 2 aromatic carbocycles. The average molecular weight is 363 g/mol. The summed E-state index contributed by atoms with van der Waals surface area (Å²) < 4.78 is 28.4. The normalized spacial score (nSPS) is 11.0. The van der Waals surface area contributed by atoms with Crippen LogP contribution in [0.25, 0.3) is 0 Å². The van der Waals surface area contributed by atoms with E-state index in [2.05, 4.69) is 10.6 Å². The van der Waals surface area contributed by atoms with Crippen molar-refractivity contribution in [1.29, 1.82) is 0 Å². The predicted octanol–water partition coefficient (Wildman–Crippen LogP) is 2.10. The molecule has 25 heavy (non-hydrogen) atoms. The van der Waals surface area contributed by atoms with Crippen LogP contribution in [-0.4, -0.2) is 27.6 Å². The van der Waals surface area contributed by atoms with Crippen molar-refractivity contribution >= 4 is 21.7 Å². The van der Waals surface area contributed by atoms with Crippen LogP contribution in [-0.2, 0) is 16.4 Å². The SMILES string of the molecule is CCc1cc(S(N)(=O)=O)ccc1OCCNC(=O)Nc1ccccc1. The topological polar surface area (TPSA) is 111 Å². The summed E-state index contributed by atoms with van der Waals surface area (Å²) >= 11 is 0. The minimum Gasteiger partial charge on any atom is -0.491 e.